The van der Waals surface area contributed by atoms with Gasteiger partial charge in [0, 0.05) is 30.8 Å². The van der Waals surface area contributed by atoms with Crippen LogP contribution in [-0.2, 0) is 6.54 Å². The number of nitro groups is 1. The minimum atomic E-state index is -0.480. The highest BCUT2D eigenvalue weighted by Gasteiger charge is 2.18. The molecule has 0 spiro atoms. The number of hydrogen-bond donors (Lipinski definition) is 0. The van der Waals surface area contributed by atoms with Gasteiger partial charge in [0.15, 0.2) is 0 Å². The Labute approximate surface area is 142 Å². The summed E-state index contributed by atoms with van der Waals surface area (Å²) in [7, 11) is 0. The van der Waals surface area contributed by atoms with E-state index in [1.54, 1.807) is 17.0 Å². The third-order valence-electron chi connectivity index (χ3n) is 3.78. The number of nitro benzene ring substituents is 1. The number of carbonyl (C=O) groups excluding carboxylic acids is 1. The van der Waals surface area contributed by atoms with Crippen LogP contribution in [0.1, 0.15) is 36.2 Å². The van der Waals surface area contributed by atoms with Crippen LogP contribution in [0.4, 0.5) is 5.69 Å². The third-order valence-corrected chi connectivity index (χ3v) is 3.78. The summed E-state index contributed by atoms with van der Waals surface area (Å²) in [5, 5.41) is 10.9. The van der Waals surface area contributed by atoms with Crippen molar-refractivity contribution in [3.63, 3.8) is 0 Å². The molecule has 126 valence electrons. The summed E-state index contributed by atoms with van der Waals surface area (Å²) in [5.74, 6) is 0.296. The number of benzene rings is 2. The van der Waals surface area contributed by atoms with Crippen LogP contribution in [0.2, 0.25) is 0 Å². The molecule has 2 aromatic carbocycles. The molecule has 0 bridgehead atoms. The molecule has 0 aliphatic heterocycles. The van der Waals surface area contributed by atoms with Crippen LogP contribution < -0.4 is 0 Å². The molecule has 2 aromatic rings. The molecule has 5 nitrogen and oxygen atoms in total. The fraction of sp³-hybridized carbons (Fsp3) is 0.316. The molecule has 2 rings (SSSR count). The van der Waals surface area contributed by atoms with Crippen LogP contribution in [-0.4, -0.2) is 22.3 Å². The molecular weight excluding hydrogens is 304 g/mol. The number of rotatable bonds is 7. The van der Waals surface area contributed by atoms with Crippen LogP contribution in [0.25, 0.3) is 0 Å². The molecule has 1 amide bonds. The standard InChI is InChI=1S/C19H22N2O3/c1-15(2)11-12-20(14-16-7-4-3-5-8-16)19(22)17-9-6-10-18(13-17)21(23)24/h3-10,13,15H,11-12,14H2,1-2H3. The first kappa shape index (κ1) is 17.7. The Kier molecular flexibility index (Phi) is 6.07. The van der Waals surface area contributed by atoms with Crippen molar-refractivity contribution < 1.29 is 9.72 Å². The Morgan fingerprint density at radius 2 is 1.83 bits per heavy atom. The average Bonchev–Trinajstić information content (AvgIpc) is 2.58. The molecular formula is C19H22N2O3. The van der Waals surface area contributed by atoms with E-state index in [9.17, 15) is 14.9 Å². The quantitative estimate of drug-likeness (QED) is 0.563. The molecule has 0 heterocycles. The first-order chi connectivity index (χ1) is 11.5. The number of non-ortho nitro benzene ring substituents is 1. The Balaban J connectivity index is 2.23. The van der Waals surface area contributed by atoms with E-state index >= 15 is 0 Å². The second kappa shape index (κ2) is 8.24. The van der Waals surface area contributed by atoms with E-state index in [1.165, 1.54) is 12.1 Å². The maximum absolute atomic E-state index is 12.8. The monoisotopic (exact) mass is 326 g/mol. The molecule has 24 heavy (non-hydrogen) atoms. The first-order valence-corrected chi connectivity index (χ1v) is 8.05. The summed E-state index contributed by atoms with van der Waals surface area (Å²) in [4.78, 5) is 25.1. The molecule has 0 unspecified atom stereocenters. The Morgan fingerprint density at radius 3 is 2.46 bits per heavy atom. The number of carbonyl (C=O) groups is 1. The zero-order valence-electron chi connectivity index (χ0n) is 14.0. The van der Waals surface area contributed by atoms with Crippen molar-refractivity contribution in [3.05, 3.63) is 75.8 Å². The van der Waals surface area contributed by atoms with E-state index in [-0.39, 0.29) is 11.6 Å². The maximum atomic E-state index is 12.8. The van der Waals surface area contributed by atoms with Gasteiger partial charge in [-0.25, -0.2) is 0 Å². The summed E-state index contributed by atoms with van der Waals surface area (Å²) in [6.45, 7) is 5.33. The topological polar surface area (TPSA) is 63.5 Å². The van der Waals surface area contributed by atoms with Crippen LogP contribution in [0, 0.1) is 16.0 Å². The van der Waals surface area contributed by atoms with Gasteiger partial charge in [-0.1, -0.05) is 50.2 Å². The number of hydrogen-bond acceptors (Lipinski definition) is 3. The number of nitrogens with zero attached hydrogens (tertiary/aromatic N) is 2. The molecule has 0 saturated carbocycles. The average molecular weight is 326 g/mol. The second-order valence-corrected chi connectivity index (χ2v) is 6.20. The van der Waals surface area contributed by atoms with E-state index in [4.69, 9.17) is 0 Å². The summed E-state index contributed by atoms with van der Waals surface area (Å²) in [6, 6.07) is 15.7. The fourth-order valence-electron chi connectivity index (χ4n) is 2.41. The van der Waals surface area contributed by atoms with Gasteiger partial charge in [0.25, 0.3) is 11.6 Å². The van der Waals surface area contributed by atoms with E-state index in [0.717, 1.165) is 12.0 Å². The molecule has 0 fully saturated rings. The lowest BCUT2D eigenvalue weighted by Crippen LogP contribution is -2.32. The predicted octanol–water partition coefficient (Wildman–Crippen LogP) is 4.28. The molecule has 0 aliphatic rings. The van der Waals surface area contributed by atoms with Crippen LogP contribution >= 0.6 is 0 Å². The highest BCUT2D eigenvalue weighted by molar-refractivity contribution is 5.94. The lowest BCUT2D eigenvalue weighted by molar-refractivity contribution is -0.384. The minimum Gasteiger partial charge on any atom is -0.334 e. The molecule has 0 aromatic heterocycles. The molecule has 5 heteroatoms. The van der Waals surface area contributed by atoms with Crippen molar-refractivity contribution in [1.82, 2.24) is 4.90 Å². The normalized spacial score (nSPS) is 10.6. The van der Waals surface area contributed by atoms with Gasteiger partial charge >= 0.3 is 0 Å². The van der Waals surface area contributed by atoms with E-state index in [2.05, 4.69) is 13.8 Å². The van der Waals surface area contributed by atoms with E-state index < -0.39 is 4.92 Å². The van der Waals surface area contributed by atoms with Crippen molar-refractivity contribution >= 4 is 11.6 Å². The van der Waals surface area contributed by atoms with E-state index in [0.29, 0.717) is 24.6 Å². The van der Waals surface area contributed by atoms with E-state index in [1.807, 2.05) is 30.3 Å². The van der Waals surface area contributed by atoms with Crippen molar-refractivity contribution in [1.29, 1.82) is 0 Å². The zero-order valence-corrected chi connectivity index (χ0v) is 14.0. The van der Waals surface area contributed by atoms with Crippen molar-refractivity contribution in [2.24, 2.45) is 5.92 Å². The van der Waals surface area contributed by atoms with Crippen LogP contribution in [0.3, 0.4) is 0 Å². The Morgan fingerprint density at radius 1 is 1.12 bits per heavy atom. The lowest BCUT2D eigenvalue weighted by atomic mass is 10.1. The lowest BCUT2D eigenvalue weighted by Gasteiger charge is -2.24. The largest absolute Gasteiger partial charge is 0.334 e. The van der Waals surface area contributed by atoms with Gasteiger partial charge < -0.3 is 4.90 Å². The SMILES string of the molecule is CC(C)CCN(Cc1ccccc1)C(=O)c1cccc([N+](=O)[O-])c1. The molecule has 0 N–H and O–H groups in total. The summed E-state index contributed by atoms with van der Waals surface area (Å²) < 4.78 is 0. The minimum absolute atomic E-state index is 0.0654. The predicted molar refractivity (Wildman–Crippen MR) is 93.7 cm³/mol. The van der Waals surface area contributed by atoms with Crippen molar-refractivity contribution in [3.8, 4) is 0 Å². The van der Waals surface area contributed by atoms with Crippen LogP contribution in [0.15, 0.2) is 54.6 Å². The van der Waals surface area contributed by atoms with Gasteiger partial charge in [0.05, 0.1) is 4.92 Å². The third kappa shape index (κ3) is 4.91. The van der Waals surface area contributed by atoms with Crippen molar-refractivity contribution in [2.45, 2.75) is 26.8 Å². The van der Waals surface area contributed by atoms with Gasteiger partial charge in [0.2, 0.25) is 0 Å². The van der Waals surface area contributed by atoms with Crippen molar-refractivity contribution in [2.75, 3.05) is 6.54 Å². The molecule has 0 aliphatic carbocycles. The van der Waals surface area contributed by atoms with Gasteiger partial charge in [-0.2, -0.15) is 0 Å². The van der Waals surface area contributed by atoms with Gasteiger partial charge in [-0.05, 0) is 24.0 Å². The van der Waals surface area contributed by atoms with Crippen LogP contribution in [0.5, 0.6) is 0 Å². The Bertz CT molecular complexity index is 699. The second-order valence-electron chi connectivity index (χ2n) is 6.20. The molecule has 0 atom stereocenters. The molecule has 0 radical (unpaired) electrons. The van der Waals surface area contributed by atoms with Gasteiger partial charge in [-0.15, -0.1) is 0 Å². The summed E-state index contributed by atoms with van der Waals surface area (Å²) in [6.07, 6.45) is 0.882. The first-order valence-electron chi connectivity index (χ1n) is 8.05. The summed E-state index contributed by atoms with van der Waals surface area (Å²) >= 11 is 0. The molecule has 0 saturated heterocycles. The fourth-order valence-corrected chi connectivity index (χ4v) is 2.41. The number of amides is 1. The zero-order chi connectivity index (χ0) is 17.5. The Hall–Kier alpha value is -2.69. The summed E-state index contributed by atoms with van der Waals surface area (Å²) in [5.41, 5.74) is 1.33. The maximum Gasteiger partial charge on any atom is 0.270 e. The van der Waals surface area contributed by atoms with Gasteiger partial charge in [-0.3, -0.25) is 14.9 Å². The highest BCUT2D eigenvalue weighted by Crippen LogP contribution is 2.17. The highest BCUT2D eigenvalue weighted by atomic mass is 16.6. The van der Waals surface area contributed by atoms with Gasteiger partial charge in [0.1, 0.15) is 0 Å². The smallest absolute Gasteiger partial charge is 0.270 e.